The molecule has 2 heterocycles. The van der Waals surface area contributed by atoms with Crippen LogP contribution in [-0.4, -0.2) is 74.7 Å². The van der Waals surface area contributed by atoms with Gasteiger partial charge in [0.1, 0.15) is 6.61 Å². The average molecular weight is 559 g/mol. The minimum absolute atomic E-state index is 0. The molecule has 2 aromatic rings. The number of benzene rings is 2. The van der Waals surface area contributed by atoms with Crippen molar-refractivity contribution in [1.82, 2.24) is 9.80 Å². The van der Waals surface area contributed by atoms with Gasteiger partial charge in [-0.3, -0.25) is 9.69 Å². The number of quaternary nitrogens is 1. The van der Waals surface area contributed by atoms with Gasteiger partial charge in [0, 0.05) is 55.5 Å². The SMILES string of the molecule is [Cl-].[NH3+]CCCC(=O)OCCN1CCN(CCCN2c3ccccc3Sc3ccc(C(F)(F)F)cc32)CC1. The lowest BCUT2D eigenvalue weighted by atomic mass is 10.1. The van der Waals surface area contributed by atoms with Crippen LogP contribution in [0.1, 0.15) is 24.8 Å². The summed E-state index contributed by atoms with van der Waals surface area (Å²) in [7, 11) is 0. The normalized spacial score (nSPS) is 16.1. The van der Waals surface area contributed by atoms with Crippen LogP contribution in [0, 0.1) is 0 Å². The van der Waals surface area contributed by atoms with Crippen LogP contribution in [0.3, 0.4) is 0 Å². The minimum Gasteiger partial charge on any atom is -1.00 e. The Kier molecular flexibility index (Phi) is 11.0. The molecule has 0 unspecified atom stereocenters. The average Bonchev–Trinajstić information content (AvgIpc) is 2.87. The Morgan fingerprint density at radius 1 is 0.919 bits per heavy atom. The Hall–Kier alpha value is -1.98. The van der Waals surface area contributed by atoms with E-state index in [1.54, 1.807) is 6.07 Å². The van der Waals surface area contributed by atoms with Gasteiger partial charge in [0.15, 0.2) is 0 Å². The van der Waals surface area contributed by atoms with Gasteiger partial charge in [-0.15, -0.1) is 0 Å². The summed E-state index contributed by atoms with van der Waals surface area (Å²) in [5, 5.41) is 0. The molecule has 0 atom stereocenters. The molecule has 2 aliphatic heterocycles. The first-order chi connectivity index (χ1) is 17.3. The van der Waals surface area contributed by atoms with Crippen molar-refractivity contribution in [2.75, 3.05) is 63.9 Å². The van der Waals surface area contributed by atoms with Crippen LogP contribution in [0.4, 0.5) is 24.5 Å². The number of hydrogen-bond donors (Lipinski definition) is 1. The number of carbonyl (C=O) groups is 1. The molecule has 11 heteroatoms. The molecule has 0 bridgehead atoms. The van der Waals surface area contributed by atoms with E-state index in [4.69, 9.17) is 4.74 Å². The predicted molar refractivity (Wildman–Crippen MR) is 134 cm³/mol. The largest absolute Gasteiger partial charge is 1.00 e. The maximum Gasteiger partial charge on any atom is 0.416 e. The maximum absolute atomic E-state index is 13.4. The summed E-state index contributed by atoms with van der Waals surface area (Å²) in [6.45, 7) is 7.11. The quantitative estimate of drug-likeness (QED) is 0.437. The Morgan fingerprint density at radius 3 is 2.30 bits per heavy atom. The fraction of sp³-hybridized carbons (Fsp3) is 0.500. The third-order valence-electron chi connectivity index (χ3n) is 6.58. The number of halogens is 4. The zero-order valence-electron chi connectivity index (χ0n) is 20.8. The van der Waals surface area contributed by atoms with Crippen LogP contribution in [0.2, 0.25) is 0 Å². The Bertz CT molecular complexity index is 1040. The fourth-order valence-corrected chi connectivity index (χ4v) is 5.64. The molecule has 0 radical (unpaired) electrons. The van der Waals surface area contributed by atoms with E-state index in [1.807, 2.05) is 29.2 Å². The molecule has 1 fully saturated rings. The van der Waals surface area contributed by atoms with E-state index >= 15 is 0 Å². The molecule has 204 valence electrons. The van der Waals surface area contributed by atoms with E-state index in [9.17, 15) is 18.0 Å². The fourth-order valence-electron chi connectivity index (χ4n) is 4.57. The molecule has 0 aliphatic carbocycles. The van der Waals surface area contributed by atoms with Crippen LogP contribution in [0.25, 0.3) is 0 Å². The van der Waals surface area contributed by atoms with Crippen molar-refractivity contribution in [2.24, 2.45) is 0 Å². The highest BCUT2D eigenvalue weighted by atomic mass is 35.5. The first-order valence-electron chi connectivity index (χ1n) is 12.5. The van der Waals surface area contributed by atoms with Crippen molar-refractivity contribution in [3.63, 3.8) is 0 Å². The predicted octanol–water partition coefficient (Wildman–Crippen LogP) is 0.885. The van der Waals surface area contributed by atoms with Crippen molar-refractivity contribution in [3.8, 4) is 0 Å². The van der Waals surface area contributed by atoms with Gasteiger partial charge in [0.2, 0.25) is 0 Å². The molecule has 2 aromatic carbocycles. The number of para-hydroxylation sites is 1. The Balaban J connectivity index is 0.00000380. The number of piperazine rings is 1. The summed E-state index contributed by atoms with van der Waals surface area (Å²) < 4.78 is 45.5. The van der Waals surface area contributed by atoms with E-state index in [-0.39, 0.29) is 18.4 Å². The lowest BCUT2D eigenvalue weighted by Crippen LogP contribution is -3.00. The Morgan fingerprint density at radius 2 is 1.59 bits per heavy atom. The number of fused-ring (bicyclic) bond motifs is 2. The standard InChI is InChI=1S/C26H33F3N4O2S.ClH/c27-26(28,29)20-8-9-24-22(19-20)33(21-5-1-2-6-23(21)36-24)12-4-11-31-13-15-32(16-14-31)17-18-35-25(34)7-3-10-30;/h1-2,5-6,8-9,19H,3-4,7,10-18,30H2;1H. The number of alkyl halides is 3. The van der Waals surface area contributed by atoms with Gasteiger partial charge in [-0.2, -0.15) is 13.2 Å². The molecule has 37 heavy (non-hydrogen) atoms. The lowest BCUT2D eigenvalue weighted by molar-refractivity contribution is -0.368. The lowest BCUT2D eigenvalue weighted by Gasteiger charge is -2.36. The van der Waals surface area contributed by atoms with Crippen LogP contribution in [-0.2, 0) is 15.7 Å². The van der Waals surface area contributed by atoms with Crippen LogP contribution >= 0.6 is 11.8 Å². The second kappa shape index (κ2) is 13.7. The zero-order chi connectivity index (χ0) is 25.5. The van der Waals surface area contributed by atoms with Gasteiger partial charge < -0.3 is 32.7 Å². The molecule has 0 aromatic heterocycles. The highest BCUT2D eigenvalue weighted by Gasteiger charge is 2.33. The third-order valence-corrected chi connectivity index (χ3v) is 7.71. The van der Waals surface area contributed by atoms with Gasteiger partial charge in [0.25, 0.3) is 0 Å². The molecule has 4 rings (SSSR count). The number of anilines is 2. The van der Waals surface area contributed by atoms with Crippen molar-refractivity contribution >= 4 is 29.1 Å². The van der Waals surface area contributed by atoms with Crippen molar-refractivity contribution in [2.45, 2.75) is 35.2 Å². The summed E-state index contributed by atoms with van der Waals surface area (Å²) >= 11 is 1.52. The van der Waals surface area contributed by atoms with Crippen LogP contribution in [0.5, 0.6) is 0 Å². The molecule has 0 spiro atoms. The number of ether oxygens (including phenoxy) is 1. The molecule has 0 amide bonds. The number of rotatable bonds is 10. The smallest absolute Gasteiger partial charge is 0.416 e. The van der Waals surface area contributed by atoms with Crippen molar-refractivity contribution in [3.05, 3.63) is 48.0 Å². The number of hydrogen-bond acceptors (Lipinski definition) is 6. The van der Waals surface area contributed by atoms with Gasteiger partial charge in [-0.25, -0.2) is 0 Å². The maximum atomic E-state index is 13.4. The van der Waals surface area contributed by atoms with E-state index in [0.717, 1.165) is 74.1 Å². The first kappa shape index (κ1) is 29.6. The monoisotopic (exact) mass is 558 g/mol. The topological polar surface area (TPSA) is 63.7 Å². The summed E-state index contributed by atoms with van der Waals surface area (Å²) in [6.07, 6.45) is -2.33. The number of nitrogens with zero attached hydrogens (tertiary/aromatic N) is 3. The van der Waals surface area contributed by atoms with Gasteiger partial charge >= 0.3 is 12.1 Å². The van der Waals surface area contributed by atoms with Gasteiger partial charge in [0.05, 0.1) is 29.9 Å². The minimum atomic E-state index is -4.37. The Labute approximate surface area is 226 Å². The second-order valence-corrected chi connectivity index (χ2v) is 10.2. The van der Waals surface area contributed by atoms with E-state index < -0.39 is 11.7 Å². The zero-order valence-corrected chi connectivity index (χ0v) is 22.4. The summed E-state index contributed by atoms with van der Waals surface area (Å²) in [5.41, 5.74) is 4.71. The van der Waals surface area contributed by atoms with Crippen LogP contribution < -0.4 is 23.0 Å². The third kappa shape index (κ3) is 8.00. The molecule has 0 saturated carbocycles. The summed E-state index contributed by atoms with van der Waals surface area (Å²) in [6, 6.07) is 11.9. The first-order valence-corrected chi connectivity index (χ1v) is 13.3. The second-order valence-electron chi connectivity index (χ2n) is 9.12. The molecule has 2 aliphatic rings. The van der Waals surface area contributed by atoms with Crippen molar-refractivity contribution < 1.29 is 40.8 Å². The molecular formula is C26H34ClF3N4O2S. The number of esters is 1. The highest BCUT2D eigenvalue weighted by Crippen LogP contribution is 2.49. The summed E-state index contributed by atoms with van der Waals surface area (Å²) in [4.78, 5) is 20.3. The molecular weight excluding hydrogens is 525 g/mol. The van der Waals surface area contributed by atoms with E-state index in [0.29, 0.717) is 25.3 Å². The van der Waals surface area contributed by atoms with Crippen LogP contribution in [0.15, 0.2) is 52.3 Å². The highest BCUT2D eigenvalue weighted by molar-refractivity contribution is 7.99. The van der Waals surface area contributed by atoms with Gasteiger partial charge in [-0.1, -0.05) is 23.9 Å². The number of carbonyl (C=O) groups excluding carboxylic acids is 1. The molecule has 3 N–H and O–H groups in total. The molecule has 1 saturated heterocycles. The summed E-state index contributed by atoms with van der Waals surface area (Å²) in [5.74, 6) is -0.154. The van der Waals surface area contributed by atoms with E-state index in [1.165, 1.54) is 23.9 Å². The van der Waals surface area contributed by atoms with E-state index in [2.05, 4.69) is 15.5 Å². The van der Waals surface area contributed by atoms with Crippen molar-refractivity contribution in [1.29, 1.82) is 0 Å². The molecule has 6 nitrogen and oxygen atoms in total. The van der Waals surface area contributed by atoms with Gasteiger partial charge in [-0.05, 0) is 43.3 Å².